The van der Waals surface area contributed by atoms with Crippen LogP contribution in [0.2, 0.25) is 0 Å². The van der Waals surface area contributed by atoms with Gasteiger partial charge in [-0.05, 0) is 65.0 Å². The van der Waals surface area contributed by atoms with Crippen molar-refractivity contribution in [1.82, 2.24) is 5.32 Å². The van der Waals surface area contributed by atoms with Gasteiger partial charge in [0.1, 0.15) is 5.82 Å². The molecule has 14 heavy (non-hydrogen) atoms. The lowest BCUT2D eigenvalue weighted by Crippen LogP contribution is -2.09. The molecule has 1 saturated heterocycles. The largest absolute Gasteiger partial charge is 0.316 e. The molecule has 0 amide bonds. The molecule has 3 heteroatoms. The second-order valence-electron chi connectivity index (χ2n) is 3.81. The number of aryl methyl sites for hydroxylation is 1. The second kappa shape index (κ2) is 3.99. The fraction of sp³-hybridized carbons (Fsp3) is 0.455. The number of benzene rings is 1. The predicted octanol–water partition coefficient (Wildman–Crippen LogP) is 2.97. The zero-order chi connectivity index (χ0) is 10.1. The summed E-state index contributed by atoms with van der Waals surface area (Å²) >= 11 is 3.23. The molecule has 1 aliphatic heterocycles. The van der Waals surface area contributed by atoms with Crippen molar-refractivity contribution in [2.45, 2.75) is 19.3 Å². The van der Waals surface area contributed by atoms with Crippen LogP contribution in [0.3, 0.4) is 0 Å². The standard InChI is InChI=1S/C11H13BrFN/c1-7-4-11(13)10(12)5-9(7)8-2-3-14-6-8/h4-5,8,14H,2-3,6H2,1H3. The van der Waals surface area contributed by atoms with Crippen molar-refractivity contribution >= 4 is 15.9 Å². The van der Waals surface area contributed by atoms with Crippen molar-refractivity contribution in [3.63, 3.8) is 0 Å². The molecule has 1 unspecified atom stereocenters. The number of rotatable bonds is 1. The van der Waals surface area contributed by atoms with E-state index in [1.165, 1.54) is 5.56 Å². The molecule has 1 aromatic rings. The highest BCUT2D eigenvalue weighted by atomic mass is 79.9. The minimum absolute atomic E-state index is 0.169. The third kappa shape index (κ3) is 1.84. The third-order valence-electron chi connectivity index (χ3n) is 2.81. The Labute approximate surface area is 91.8 Å². The van der Waals surface area contributed by atoms with E-state index >= 15 is 0 Å². The summed E-state index contributed by atoms with van der Waals surface area (Å²) < 4.78 is 13.8. The average molecular weight is 258 g/mol. The molecule has 0 radical (unpaired) electrons. The molecule has 0 aromatic heterocycles. The van der Waals surface area contributed by atoms with Crippen LogP contribution in [-0.2, 0) is 0 Å². The van der Waals surface area contributed by atoms with Gasteiger partial charge >= 0.3 is 0 Å². The fourth-order valence-corrected chi connectivity index (χ4v) is 2.38. The maximum Gasteiger partial charge on any atom is 0.137 e. The van der Waals surface area contributed by atoms with Crippen LogP contribution in [-0.4, -0.2) is 13.1 Å². The van der Waals surface area contributed by atoms with E-state index in [0.717, 1.165) is 25.1 Å². The van der Waals surface area contributed by atoms with Crippen molar-refractivity contribution in [3.05, 3.63) is 33.5 Å². The molecule has 1 aromatic carbocycles. The first-order valence-electron chi connectivity index (χ1n) is 4.84. The third-order valence-corrected chi connectivity index (χ3v) is 3.42. The van der Waals surface area contributed by atoms with Crippen LogP contribution < -0.4 is 5.32 Å². The minimum atomic E-state index is -0.169. The van der Waals surface area contributed by atoms with E-state index < -0.39 is 0 Å². The summed E-state index contributed by atoms with van der Waals surface area (Å²) in [5, 5.41) is 3.32. The van der Waals surface area contributed by atoms with Gasteiger partial charge in [-0.1, -0.05) is 0 Å². The van der Waals surface area contributed by atoms with E-state index in [2.05, 4.69) is 21.2 Å². The summed E-state index contributed by atoms with van der Waals surface area (Å²) in [6, 6.07) is 3.53. The van der Waals surface area contributed by atoms with Crippen LogP contribution in [0.15, 0.2) is 16.6 Å². The first kappa shape index (κ1) is 10.1. The molecule has 2 rings (SSSR count). The Morgan fingerprint density at radius 3 is 2.93 bits per heavy atom. The summed E-state index contributed by atoms with van der Waals surface area (Å²) in [7, 11) is 0. The van der Waals surface area contributed by atoms with Gasteiger partial charge in [0.2, 0.25) is 0 Å². The molecular formula is C11H13BrFN. The van der Waals surface area contributed by atoms with Crippen molar-refractivity contribution in [2.75, 3.05) is 13.1 Å². The van der Waals surface area contributed by atoms with E-state index in [0.29, 0.717) is 10.4 Å². The van der Waals surface area contributed by atoms with Crippen molar-refractivity contribution < 1.29 is 4.39 Å². The monoisotopic (exact) mass is 257 g/mol. The van der Waals surface area contributed by atoms with E-state index in [1.807, 2.05) is 13.0 Å². The lowest BCUT2D eigenvalue weighted by Gasteiger charge is -2.13. The molecule has 1 heterocycles. The van der Waals surface area contributed by atoms with Gasteiger partial charge in [-0.3, -0.25) is 0 Å². The average Bonchev–Trinajstić information content (AvgIpc) is 2.64. The molecule has 1 nitrogen and oxygen atoms in total. The zero-order valence-electron chi connectivity index (χ0n) is 8.11. The topological polar surface area (TPSA) is 12.0 Å². The molecule has 0 bridgehead atoms. The van der Waals surface area contributed by atoms with Crippen molar-refractivity contribution in [1.29, 1.82) is 0 Å². The van der Waals surface area contributed by atoms with Gasteiger partial charge < -0.3 is 5.32 Å². The SMILES string of the molecule is Cc1cc(F)c(Br)cc1C1CCNC1. The van der Waals surface area contributed by atoms with Gasteiger partial charge in [0.15, 0.2) is 0 Å². The van der Waals surface area contributed by atoms with Gasteiger partial charge in [0, 0.05) is 6.54 Å². The lowest BCUT2D eigenvalue weighted by atomic mass is 9.94. The Morgan fingerprint density at radius 1 is 1.50 bits per heavy atom. The van der Waals surface area contributed by atoms with Gasteiger partial charge in [-0.2, -0.15) is 0 Å². The Hall–Kier alpha value is -0.410. The number of nitrogens with one attached hydrogen (secondary N) is 1. The van der Waals surface area contributed by atoms with Gasteiger partial charge in [-0.15, -0.1) is 0 Å². The van der Waals surface area contributed by atoms with Crippen LogP contribution >= 0.6 is 15.9 Å². The van der Waals surface area contributed by atoms with Crippen LogP contribution in [0.25, 0.3) is 0 Å². The van der Waals surface area contributed by atoms with Gasteiger partial charge in [0.05, 0.1) is 4.47 Å². The highest BCUT2D eigenvalue weighted by Crippen LogP contribution is 2.29. The normalized spacial score (nSPS) is 21.5. The zero-order valence-corrected chi connectivity index (χ0v) is 9.70. The van der Waals surface area contributed by atoms with Crippen LogP contribution in [0.1, 0.15) is 23.5 Å². The number of hydrogen-bond donors (Lipinski definition) is 1. The number of halogens is 2. The van der Waals surface area contributed by atoms with Crippen LogP contribution in [0, 0.1) is 12.7 Å². The fourth-order valence-electron chi connectivity index (χ4n) is 2.02. The summed E-state index contributed by atoms with van der Waals surface area (Å²) in [5.41, 5.74) is 2.32. The maximum absolute atomic E-state index is 13.2. The summed E-state index contributed by atoms with van der Waals surface area (Å²) in [4.78, 5) is 0. The molecule has 76 valence electrons. The molecule has 1 atom stereocenters. The Balaban J connectivity index is 2.37. The highest BCUT2D eigenvalue weighted by Gasteiger charge is 2.19. The molecule has 0 spiro atoms. The molecule has 0 saturated carbocycles. The minimum Gasteiger partial charge on any atom is -0.316 e. The summed E-state index contributed by atoms with van der Waals surface area (Å²) in [6.07, 6.45) is 1.15. The molecule has 1 aliphatic rings. The molecule has 1 fully saturated rings. The molecule has 1 N–H and O–H groups in total. The van der Waals surface area contributed by atoms with E-state index in [1.54, 1.807) is 6.07 Å². The highest BCUT2D eigenvalue weighted by molar-refractivity contribution is 9.10. The van der Waals surface area contributed by atoms with E-state index in [4.69, 9.17) is 0 Å². The Bertz CT molecular complexity index is 345. The first-order valence-corrected chi connectivity index (χ1v) is 5.64. The Kier molecular flexibility index (Phi) is 2.88. The first-order chi connectivity index (χ1) is 6.68. The van der Waals surface area contributed by atoms with Crippen LogP contribution in [0.5, 0.6) is 0 Å². The second-order valence-corrected chi connectivity index (χ2v) is 4.67. The Morgan fingerprint density at radius 2 is 2.29 bits per heavy atom. The maximum atomic E-state index is 13.2. The summed E-state index contributed by atoms with van der Waals surface area (Å²) in [6.45, 7) is 4.06. The number of hydrogen-bond acceptors (Lipinski definition) is 1. The van der Waals surface area contributed by atoms with E-state index in [9.17, 15) is 4.39 Å². The van der Waals surface area contributed by atoms with Gasteiger partial charge in [0.25, 0.3) is 0 Å². The quantitative estimate of drug-likeness (QED) is 0.816. The van der Waals surface area contributed by atoms with E-state index in [-0.39, 0.29) is 5.82 Å². The summed E-state index contributed by atoms with van der Waals surface area (Å²) in [5.74, 6) is 0.379. The van der Waals surface area contributed by atoms with Crippen molar-refractivity contribution in [2.24, 2.45) is 0 Å². The molecule has 0 aliphatic carbocycles. The predicted molar refractivity (Wildman–Crippen MR) is 59.1 cm³/mol. The van der Waals surface area contributed by atoms with Crippen LogP contribution in [0.4, 0.5) is 4.39 Å². The smallest absolute Gasteiger partial charge is 0.137 e. The van der Waals surface area contributed by atoms with Crippen molar-refractivity contribution in [3.8, 4) is 0 Å². The van der Waals surface area contributed by atoms with Gasteiger partial charge in [-0.25, -0.2) is 4.39 Å². The lowest BCUT2D eigenvalue weighted by molar-refractivity contribution is 0.616. The molecular weight excluding hydrogens is 245 g/mol.